The van der Waals surface area contributed by atoms with E-state index < -0.39 is 18.0 Å². The van der Waals surface area contributed by atoms with Crippen molar-refractivity contribution < 1.29 is 52.3 Å². The van der Waals surface area contributed by atoms with E-state index in [-0.39, 0.29) is 43.6 Å². The first-order valence-corrected chi connectivity index (χ1v) is 14.8. The summed E-state index contributed by atoms with van der Waals surface area (Å²) in [6, 6.07) is 13.3. The molecule has 0 heterocycles. The van der Waals surface area contributed by atoms with Gasteiger partial charge in [-0.25, -0.2) is 9.59 Å². The van der Waals surface area contributed by atoms with Crippen LogP contribution in [0, 0.1) is 11.8 Å². The molecule has 1 aliphatic carbocycles. The molecule has 0 bridgehead atoms. The zero-order chi connectivity index (χ0) is 32.4. The van der Waals surface area contributed by atoms with Gasteiger partial charge in [0.05, 0.1) is 32.2 Å². The summed E-state index contributed by atoms with van der Waals surface area (Å²) in [5.41, 5.74) is 0. The van der Waals surface area contributed by atoms with Crippen LogP contribution in [0.15, 0.2) is 73.8 Å². The van der Waals surface area contributed by atoms with Gasteiger partial charge in [0.15, 0.2) is 6.10 Å². The SMILES string of the molecule is C=CC(=O)OCCCCOCC(COc1ccc(OC(=O)C2CCC(C(=O)Oc3ccc(OC)cc3)CC2)cc1)OC(=O)C=C. The number of ether oxygens (including phenoxy) is 7. The number of rotatable bonds is 18. The first kappa shape index (κ1) is 34.8. The zero-order valence-electron chi connectivity index (χ0n) is 25.5. The van der Waals surface area contributed by atoms with Crippen molar-refractivity contribution in [3.05, 3.63) is 73.8 Å². The average molecular weight is 625 g/mol. The van der Waals surface area contributed by atoms with Gasteiger partial charge < -0.3 is 33.2 Å². The molecule has 0 radical (unpaired) electrons. The normalized spacial score (nSPS) is 16.4. The highest BCUT2D eigenvalue weighted by Crippen LogP contribution is 2.32. The van der Waals surface area contributed by atoms with Crippen molar-refractivity contribution in [2.45, 2.75) is 44.6 Å². The van der Waals surface area contributed by atoms with Gasteiger partial charge in [0.1, 0.15) is 29.6 Å². The number of hydrogen-bond donors (Lipinski definition) is 0. The Kier molecular flexibility index (Phi) is 14.6. The van der Waals surface area contributed by atoms with Crippen molar-refractivity contribution in [1.82, 2.24) is 0 Å². The molecule has 0 aliphatic heterocycles. The first-order chi connectivity index (χ1) is 21.8. The molecular weight excluding hydrogens is 584 g/mol. The van der Waals surface area contributed by atoms with E-state index in [0.717, 1.165) is 12.2 Å². The molecule has 0 amide bonds. The molecule has 11 heteroatoms. The lowest BCUT2D eigenvalue weighted by Gasteiger charge is -2.25. The molecule has 11 nitrogen and oxygen atoms in total. The van der Waals surface area contributed by atoms with Crippen molar-refractivity contribution in [3.8, 4) is 23.0 Å². The number of methoxy groups -OCH3 is 1. The van der Waals surface area contributed by atoms with Crippen molar-refractivity contribution in [2.75, 3.05) is 33.5 Å². The van der Waals surface area contributed by atoms with Gasteiger partial charge in [0.25, 0.3) is 0 Å². The van der Waals surface area contributed by atoms with E-state index in [2.05, 4.69) is 13.2 Å². The lowest BCUT2D eigenvalue weighted by molar-refractivity contribution is -0.148. The van der Waals surface area contributed by atoms with Crippen LogP contribution in [0.25, 0.3) is 0 Å². The Balaban J connectivity index is 1.38. The summed E-state index contributed by atoms with van der Waals surface area (Å²) in [4.78, 5) is 48.1. The number of carbonyl (C=O) groups is 4. The molecule has 3 rings (SSSR count). The molecule has 45 heavy (non-hydrogen) atoms. The summed E-state index contributed by atoms with van der Waals surface area (Å²) in [6.45, 7) is 7.52. The second-order valence-corrected chi connectivity index (χ2v) is 10.3. The molecule has 1 aliphatic rings. The van der Waals surface area contributed by atoms with Gasteiger partial charge in [-0.15, -0.1) is 0 Å². The average Bonchev–Trinajstić information content (AvgIpc) is 3.07. The van der Waals surface area contributed by atoms with E-state index in [1.54, 1.807) is 55.6 Å². The highest BCUT2D eigenvalue weighted by molar-refractivity contribution is 5.81. The molecule has 0 saturated heterocycles. The summed E-state index contributed by atoms with van der Waals surface area (Å²) < 4.78 is 37.8. The molecule has 2 aromatic carbocycles. The summed E-state index contributed by atoms with van der Waals surface area (Å²) in [6.07, 6.45) is 4.87. The Bertz CT molecular complexity index is 1260. The third-order valence-electron chi connectivity index (χ3n) is 7.00. The van der Waals surface area contributed by atoms with Gasteiger partial charge >= 0.3 is 23.9 Å². The van der Waals surface area contributed by atoms with Crippen LogP contribution in [-0.4, -0.2) is 63.5 Å². The fourth-order valence-electron chi connectivity index (χ4n) is 4.48. The van der Waals surface area contributed by atoms with Crippen LogP contribution in [-0.2, 0) is 33.4 Å². The van der Waals surface area contributed by atoms with E-state index in [0.29, 0.717) is 68.1 Å². The maximum Gasteiger partial charge on any atom is 0.330 e. The van der Waals surface area contributed by atoms with Crippen LogP contribution in [0.1, 0.15) is 38.5 Å². The molecule has 1 fully saturated rings. The Labute approximate surface area is 263 Å². The zero-order valence-corrected chi connectivity index (χ0v) is 25.5. The fourth-order valence-corrected chi connectivity index (χ4v) is 4.48. The topological polar surface area (TPSA) is 133 Å². The summed E-state index contributed by atoms with van der Waals surface area (Å²) in [7, 11) is 1.57. The minimum Gasteiger partial charge on any atom is -0.497 e. The number of hydrogen-bond acceptors (Lipinski definition) is 11. The van der Waals surface area contributed by atoms with Crippen LogP contribution in [0.5, 0.6) is 23.0 Å². The molecule has 0 spiro atoms. The number of carbonyl (C=O) groups excluding carboxylic acids is 4. The molecule has 0 N–H and O–H groups in total. The predicted octanol–water partition coefficient (Wildman–Crippen LogP) is 5.02. The quantitative estimate of drug-likeness (QED) is 0.0959. The van der Waals surface area contributed by atoms with Crippen molar-refractivity contribution in [1.29, 1.82) is 0 Å². The van der Waals surface area contributed by atoms with Crippen LogP contribution in [0.2, 0.25) is 0 Å². The molecule has 1 unspecified atom stereocenters. The third-order valence-corrected chi connectivity index (χ3v) is 7.00. The van der Waals surface area contributed by atoms with Gasteiger partial charge in [0, 0.05) is 18.8 Å². The summed E-state index contributed by atoms with van der Waals surface area (Å²) in [5.74, 6) is -0.344. The van der Waals surface area contributed by atoms with Crippen LogP contribution >= 0.6 is 0 Å². The van der Waals surface area contributed by atoms with Crippen LogP contribution < -0.4 is 18.9 Å². The largest absolute Gasteiger partial charge is 0.497 e. The predicted molar refractivity (Wildman–Crippen MR) is 163 cm³/mol. The van der Waals surface area contributed by atoms with E-state index in [9.17, 15) is 19.2 Å². The lowest BCUT2D eigenvalue weighted by atomic mass is 9.82. The van der Waals surface area contributed by atoms with Gasteiger partial charge in [-0.1, -0.05) is 13.2 Å². The first-order valence-electron chi connectivity index (χ1n) is 14.8. The highest BCUT2D eigenvalue weighted by Gasteiger charge is 2.32. The van der Waals surface area contributed by atoms with E-state index in [1.165, 1.54) is 0 Å². The fraction of sp³-hybridized carbons (Fsp3) is 0.412. The van der Waals surface area contributed by atoms with Gasteiger partial charge in [-0.2, -0.15) is 0 Å². The minimum atomic E-state index is -0.685. The lowest BCUT2D eigenvalue weighted by Crippen LogP contribution is -2.30. The smallest absolute Gasteiger partial charge is 0.330 e. The second-order valence-electron chi connectivity index (χ2n) is 10.3. The van der Waals surface area contributed by atoms with E-state index >= 15 is 0 Å². The maximum atomic E-state index is 12.8. The van der Waals surface area contributed by atoms with Crippen molar-refractivity contribution in [3.63, 3.8) is 0 Å². The Morgan fingerprint density at radius 2 is 1.20 bits per heavy atom. The van der Waals surface area contributed by atoms with Crippen molar-refractivity contribution in [2.24, 2.45) is 11.8 Å². The minimum absolute atomic E-state index is 0.0276. The Morgan fingerprint density at radius 3 is 1.71 bits per heavy atom. The molecule has 2 aromatic rings. The molecular formula is C34H40O11. The standard InChI is InChI=1S/C34H40O11/c1-4-31(35)41-21-7-6-20-40-22-30(43-32(36)5-2)23-42-27-14-18-29(19-15-27)45-34(38)25-10-8-24(9-11-25)33(37)44-28-16-12-26(39-3)13-17-28/h4-5,12-19,24-25,30H,1-2,6-11,20-23H2,3H3. The second kappa shape index (κ2) is 18.9. The van der Waals surface area contributed by atoms with E-state index in [1.807, 2.05) is 0 Å². The maximum absolute atomic E-state index is 12.8. The Hall–Kier alpha value is -4.64. The number of benzene rings is 2. The Morgan fingerprint density at radius 1 is 0.711 bits per heavy atom. The summed E-state index contributed by atoms with van der Waals surface area (Å²) in [5, 5.41) is 0. The van der Waals surface area contributed by atoms with Crippen molar-refractivity contribution >= 4 is 23.9 Å². The highest BCUT2D eigenvalue weighted by atomic mass is 16.6. The van der Waals surface area contributed by atoms with Crippen LogP contribution in [0.4, 0.5) is 0 Å². The summed E-state index contributed by atoms with van der Waals surface area (Å²) >= 11 is 0. The molecule has 0 aromatic heterocycles. The van der Waals surface area contributed by atoms with Gasteiger partial charge in [-0.3, -0.25) is 9.59 Å². The number of unbranched alkanes of at least 4 members (excludes halogenated alkanes) is 1. The van der Waals surface area contributed by atoms with Gasteiger partial charge in [0.2, 0.25) is 0 Å². The van der Waals surface area contributed by atoms with Crippen LogP contribution in [0.3, 0.4) is 0 Å². The monoisotopic (exact) mass is 624 g/mol. The van der Waals surface area contributed by atoms with Gasteiger partial charge in [-0.05, 0) is 87.1 Å². The number of esters is 4. The molecule has 242 valence electrons. The molecule has 1 saturated carbocycles. The molecule has 1 atom stereocenters. The third kappa shape index (κ3) is 12.5. The van der Waals surface area contributed by atoms with E-state index in [4.69, 9.17) is 33.2 Å².